The summed E-state index contributed by atoms with van der Waals surface area (Å²) in [6.07, 6.45) is 2.98. The van der Waals surface area contributed by atoms with Crippen molar-refractivity contribution < 1.29 is 14.6 Å². The smallest absolute Gasteiger partial charge is 0.410 e. The fourth-order valence-corrected chi connectivity index (χ4v) is 4.31. The van der Waals surface area contributed by atoms with Crippen LogP contribution in [0.25, 0.3) is 22.3 Å². The first-order valence-electron chi connectivity index (χ1n) is 12.6. The van der Waals surface area contributed by atoms with Gasteiger partial charge in [0.1, 0.15) is 17.7 Å². The van der Waals surface area contributed by atoms with Gasteiger partial charge in [-0.25, -0.2) is 24.7 Å². The number of hydrogen-bond acceptors (Lipinski definition) is 9. The quantitative estimate of drug-likeness (QED) is 0.351. The number of carbonyl (C=O) groups is 1. The molecule has 1 aliphatic heterocycles. The van der Waals surface area contributed by atoms with Gasteiger partial charge in [-0.15, -0.1) is 0 Å². The zero-order valence-corrected chi connectivity index (χ0v) is 21.8. The van der Waals surface area contributed by atoms with Gasteiger partial charge in [-0.1, -0.05) is 6.07 Å². The minimum absolute atomic E-state index is 0.135. The number of piperazine rings is 1. The molecule has 0 spiro atoms. The van der Waals surface area contributed by atoms with Crippen LogP contribution in [0, 0.1) is 0 Å². The largest absolute Gasteiger partial charge is 0.444 e. The van der Waals surface area contributed by atoms with E-state index in [4.69, 9.17) is 4.74 Å². The Kier molecular flexibility index (Phi) is 7.21. The summed E-state index contributed by atoms with van der Waals surface area (Å²) in [4.78, 5) is 37.1. The number of nitrogens with zero attached hydrogens (tertiary/aromatic N) is 6. The zero-order valence-electron chi connectivity index (χ0n) is 21.8. The van der Waals surface area contributed by atoms with E-state index in [-0.39, 0.29) is 12.7 Å². The highest BCUT2D eigenvalue weighted by atomic mass is 16.6. The molecule has 5 rings (SSSR count). The lowest BCUT2D eigenvalue weighted by Crippen LogP contribution is -2.49. The minimum atomic E-state index is -0.488. The van der Waals surface area contributed by atoms with E-state index in [2.05, 4.69) is 35.1 Å². The fourth-order valence-electron chi connectivity index (χ4n) is 4.31. The Morgan fingerprint density at radius 1 is 1.08 bits per heavy atom. The Morgan fingerprint density at radius 2 is 1.89 bits per heavy atom. The molecule has 0 radical (unpaired) electrons. The van der Waals surface area contributed by atoms with Crippen molar-refractivity contribution in [2.75, 3.05) is 31.5 Å². The summed E-state index contributed by atoms with van der Waals surface area (Å²) in [7, 11) is 0. The van der Waals surface area contributed by atoms with Crippen LogP contribution in [0.3, 0.4) is 0 Å². The monoisotopic (exact) mass is 516 g/mol. The zero-order chi connectivity index (χ0) is 26.7. The van der Waals surface area contributed by atoms with Gasteiger partial charge in [0.15, 0.2) is 0 Å². The maximum atomic E-state index is 12.3. The number of aliphatic hydroxyl groups excluding tert-OH is 1. The number of pyridine rings is 1. The molecule has 3 aromatic heterocycles. The summed E-state index contributed by atoms with van der Waals surface area (Å²) in [6.45, 7) is 9.12. The van der Waals surface area contributed by atoms with Crippen LogP contribution in [0.4, 0.5) is 16.6 Å². The summed E-state index contributed by atoms with van der Waals surface area (Å²) in [5.74, 6) is 1.28. The normalized spacial score (nSPS) is 14.6. The van der Waals surface area contributed by atoms with E-state index in [0.717, 1.165) is 47.5 Å². The van der Waals surface area contributed by atoms with Crippen LogP contribution in [0.5, 0.6) is 0 Å². The maximum Gasteiger partial charge on any atom is 0.410 e. The first kappa shape index (κ1) is 25.6. The summed E-state index contributed by atoms with van der Waals surface area (Å²) < 4.78 is 5.49. The van der Waals surface area contributed by atoms with Crippen molar-refractivity contribution in [3.8, 4) is 11.3 Å². The van der Waals surface area contributed by atoms with E-state index in [9.17, 15) is 9.90 Å². The van der Waals surface area contributed by atoms with Crippen molar-refractivity contribution >= 4 is 28.9 Å². The molecule has 0 bridgehead atoms. The third-order valence-corrected chi connectivity index (χ3v) is 6.16. The van der Waals surface area contributed by atoms with E-state index in [1.165, 1.54) is 6.33 Å². The molecular formula is C27H32N8O3. The van der Waals surface area contributed by atoms with Crippen molar-refractivity contribution in [3.05, 3.63) is 60.2 Å². The van der Waals surface area contributed by atoms with Gasteiger partial charge in [-0.2, -0.15) is 0 Å². The number of rotatable bonds is 6. The number of H-pyrrole nitrogens is 1. The summed E-state index contributed by atoms with van der Waals surface area (Å²) >= 11 is 0. The first-order valence-corrected chi connectivity index (χ1v) is 12.6. The number of amides is 1. The van der Waals surface area contributed by atoms with Crippen molar-refractivity contribution in [1.82, 2.24) is 34.7 Å². The molecule has 11 nitrogen and oxygen atoms in total. The Bertz CT molecular complexity index is 1420. The molecule has 0 aliphatic carbocycles. The Hall–Kier alpha value is -4.09. The SMILES string of the molecule is CC(C)(C)OC(=O)N1CCN(Cc2ccnc(Nc3nc4ccc(-c5cc(CO)ncn5)cc4[nH]3)c2)CC1. The molecule has 3 N–H and O–H groups in total. The molecule has 1 aliphatic rings. The van der Waals surface area contributed by atoms with Crippen molar-refractivity contribution in [3.63, 3.8) is 0 Å². The van der Waals surface area contributed by atoms with Crippen LogP contribution in [-0.4, -0.2) is 77.7 Å². The minimum Gasteiger partial charge on any atom is -0.444 e. The highest BCUT2D eigenvalue weighted by Gasteiger charge is 2.25. The van der Waals surface area contributed by atoms with Gasteiger partial charge in [0.2, 0.25) is 5.95 Å². The molecule has 0 atom stereocenters. The van der Waals surface area contributed by atoms with Gasteiger partial charge in [-0.3, -0.25) is 4.90 Å². The maximum absolute atomic E-state index is 12.3. The van der Waals surface area contributed by atoms with Crippen molar-refractivity contribution in [2.24, 2.45) is 0 Å². The topological polar surface area (TPSA) is 132 Å². The Morgan fingerprint density at radius 3 is 2.66 bits per heavy atom. The lowest BCUT2D eigenvalue weighted by atomic mass is 10.1. The molecule has 1 aromatic carbocycles. The number of nitrogens with one attached hydrogen (secondary N) is 2. The predicted molar refractivity (Wildman–Crippen MR) is 144 cm³/mol. The molecule has 1 fully saturated rings. The molecule has 1 amide bonds. The molecule has 198 valence electrons. The van der Waals surface area contributed by atoms with Crippen LogP contribution in [0.15, 0.2) is 48.9 Å². The molecule has 4 heterocycles. The van der Waals surface area contributed by atoms with Crippen molar-refractivity contribution in [2.45, 2.75) is 39.5 Å². The third-order valence-electron chi connectivity index (χ3n) is 6.16. The van der Waals surface area contributed by atoms with Crippen LogP contribution >= 0.6 is 0 Å². The van der Waals surface area contributed by atoms with Crippen LogP contribution < -0.4 is 5.32 Å². The standard InChI is InChI=1S/C27H32N8O3/c1-27(2,3)38-26(37)35-10-8-34(9-11-35)15-18-6-7-28-24(12-18)33-25-31-21-5-4-19(13-23(21)32-25)22-14-20(16-36)29-17-30-22/h4-7,12-14,17,36H,8-11,15-16H2,1-3H3,(H2,28,31,32,33). The number of ether oxygens (including phenoxy) is 1. The number of aromatic amines is 1. The first-order chi connectivity index (χ1) is 18.3. The summed E-state index contributed by atoms with van der Waals surface area (Å²) in [5, 5.41) is 12.6. The molecule has 1 saturated heterocycles. The highest BCUT2D eigenvalue weighted by molar-refractivity contribution is 5.83. The second-order valence-electron chi connectivity index (χ2n) is 10.3. The number of benzene rings is 1. The van der Waals surface area contributed by atoms with E-state index in [0.29, 0.717) is 30.5 Å². The van der Waals surface area contributed by atoms with Gasteiger partial charge < -0.3 is 25.0 Å². The number of anilines is 2. The fraction of sp³-hybridized carbons (Fsp3) is 0.370. The Balaban J connectivity index is 1.21. The van der Waals surface area contributed by atoms with Crippen LogP contribution in [0.1, 0.15) is 32.0 Å². The molecule has 11 heteroatoms. The number of hydrogen-bond donors (Lipinski definition) is 3. The lowest BCUT2D eigenvalue weighted by Gasteiger charge is -2.35. The van der Waals surface area contributed by atoms with Gasteiger partial charge in [0.05, 0.1) is 29.0 Å². The number of fused-ring (bicyclic) bond motifs is 1. The van der Waals surface area contributed by atoms with Crippen molar-refractivity contribution in [1.29, 1.82) is 0 Å². The van der Waals surface area contributed by atoms with E-state index >= 15 is 0 Å². The van der Waals surface area contributed by atoms with Crippen LogP contribution in [-0.2, 0) is 17.9 Å². The molecular weight excluding hydrogens is 484 g/mol. The number of aromatic nitrogens is 5. The second kappa shape index (κ2) is 10.7. The van der Waals surface area contributed by atoms with E-state index < -0.39 is 5.60 Å². The van der Waals surface area contributed by atoms with E-state index in [1.807, 2.05) is 51.1 Å². The van der Waals surface area contributed by atoms with Gasteiger partial charge in [0.25, 0.3) is 0 Å². The lowest BCUT2D eigenvalue weighted by molar-refractivity contribution is 0.0139. The Labute approximate surface area is 220 Å². The van der Waals surface area contributed by atoms with Crippen LogP contribution in [0.2, 0.25) is 0 Å². The second-order valence-corrected chi connectivity index (χ2v) is 10.3. The number of imidazole rings is 1. The van der Waals surface area contributed by atoms with Gasteiger partial charge >= 0.3 is 6.09 Å². The predicted octanol–water partition coefficient (Wildman–Crippen LogP) is 3.70. The average Bonchev–Trinajstić information content (AvgIpc) is 3.30. The molecule has 38 heavy (non-hydrogen) atoms. The van der Waals surface area contributed by atoms with Gasteiger partial charge in [0, 0.05) is 44.5 Å². The van der Waals surface area contributed by atoms with Gasteiger partial charge in [-0.05, 0) is 56.7 Å². The highest BCUT2D eigenvalue weighted by Crippen LogP contribution is 2.24. The molecule has 0 unspecified atom stereocenters. The van der Waals surface area contributed by atoms with E-state index in [1.54, 1.807) is 17.2 Å². The number of carbonyl (C=O) groups excluding carboxylic acids is 1. The third kappa shape index (κ3) is 6.24. The average molecular weight is 517 g/mol. The summed E-state index contributed by atoms with van der Waals surface area (Å²) in [5.41, 5.74) is 4.50. The summed E-state index contributed by atoms with van der Waals surface area (Å²) in [6, 6.07) is 11.6. The molecule has 4 aromatic rings. The molecule has 0 saturated carbocycles. The number of aliphatic hydroxyl groups is 1.